The largest absolute Gasteiger partial charge is 0.493 e. The third-order valence-corrected chi connectivity index (χ3v) is 2.99. The minimum absolute atomic E-state index is 0.306. The normalized spacial score (nSPS) is 12.4. The van der Waals surface area contributed by atoms with Crippen molar-refractivity contribution in [2.24, 2.45) is 5.84 Å². The van der Waals surface area contributed by atoms with Gasteiger partial charge >= 0.3 is 0 Å². The first-order valence-corrected chi connectivity index (χ1v) is 6.02. The Hall–Kier alpha value is -1.92. The summed E-state index contributed by atoms with van der Waals surface area (Å²) in [6, 6.07) is 5.91. The maximum absolute atomic E-state index is 13.3. The number of aryl methyl sites for hydroxylation is 1. The fraction of sp³-hybridized carbons (Fsp3) is 0.308. The van der Waals surface area contributed by atoms with Crippen LogP contribution in [-0.2, 0) is 6.54 Å². The van der Waals surface area contributed by atoms with Crippen molar-refractivity contribution in [2.45, 2.75) is 19.5 Å². The highest BCUT2D eigenvalue weighted by molar-refractivity contribution is 5.36. The van der Waals surface area contributed by atoms with Crippen LogP contribution in [0.25, 0.3) is 0 Å². The number of nitrogens with one attached hydrogen (secondary N) is 1. The smallest absolute Gasteiger partial charge is 0.161 e. The molecule has 1 aromatic heterocycles. The number of nitrogens with zero attached hydrogens (tertiary/aromatic N) is 2. The van der Waals surface area contributed by atoms with Crippen LogP contribution >= 0.6 is 0 Å². The second-order valence-electron chi connectivity index (χ2n) is 4.07. The van der Waals surface area contributed by atoms with E-state index in [1.807, 2.05) is 6.92 Å². The second-order valence-corrected chi connectivity index (χ2v) is 4.07. The Labute approximate surface area is 111 Å². The van der Waals surface area contributed by atoms with Crippen molar-refractivity contribution in [3.8, 4) is 5.75 Å². The molecule has 5 nitrogen and oxygen atoms in total. The summed E-state index contributed by atoms with van der Waals surface area (Å²) in [7, 11) is 1.57. The van der Waals surface area contributed by atoms with Crippen LogP contribution in [0.3, 0.4) is 0 Å². The lowest BCUT2D eigenvalue weighted by molar-refractivity contribution is 0.399. The van der Waals surface area contributed by atoms with Crippen LogP contribution in [0.15, 0.2) is 30.5 Å². The van der Waals surface area contributed by atoms with Crippen molar-refractivity contribution >= 4 is 0 Å². The third kappa shape index (κ3) is 2.59. The zero-order valence-electron chi connectivity index (χ0n) is 10.9. The van der Waals surface area contributed by atoms with Gasteiger partial charge in [-0.25, -0.2) is 9.82 Å². The Morgan fingerprint density at radius 2 is 2.32 bits per heavy atom. The van der Waals surface area contributed by atoms with Crippen molar-refractivity contribution in [3.05, 3.63) is 47.5 Å². The highest BCUT2D eigenvalue weighted by Gasteiger charge is 2.22. The quantitative estimate of drug-likeness (QED) is 0.636. The molecule has 0 spiro atoms. The molecule has 0 saturated heterocycles. The SMILES string of the molecule is CCn1ncc(OC)c1C(NN)c1cccc(F)c1. The van der Waals surface area contributed by atoms with E-state index in [4.69, 9.17) is 10.6 Å². The Kier molecular flexibility index (Phi) is 4.13. The Bertz CT molecular complexity index is 534. The van der Waals surface area contributed by atoms with Gasteiger partial charge in [0, 0.05) is 6.54 Å². The molecule has 0 radical (unpaired) electrons. The maximum Gasteiger partial charge on any atom is 0.161 e. The maximum atomic E-state index is 13.3. The molecule has 1 aromatic carbocycles. The Balaban J connectivity index is 2.50. The van der Waals surface area contributed by atoms with Gasteiger partial charge in [0.15, 0.2) is 5.75 Å². The molecule has 0 amide bonds. The zero-order chi connectivity index (χ0) is 13.8. The van der Waals surface area contributed by atoms with E-state index in [2.05, 4.69) is 10.5 Å². The summed E-state index contributed by atoms with van der Waals surface area (Å²) in [6.45, 7) is 2.64. The van der Waals surface area contributed by atoms with Crippen molar-refractivity contribution in [1.29, 1.82) is 0 Å². The number of hydrazine groups is 1. The fourth-order valence-corrected chi connectivity index (χ4v) is 2.10. The van der Waals surface area contributed by atoms with Crippen molar-refractivity contribution in [2.75, 3.05) is 7.11 Å². The lowest BCUT2D eigenvalue weighted by Gasteiger charge is -2.19. The van der Waals surface area contributed by atoms with Gasteiger partial charge in [0.1, 0.15) is 11.5 Å². The summed E-state index contributed by atoms with van der Waals surface area (Å²) in [6.07, 6.45) is 1.63. The van der Waals surface area contributed by atoms with Crippen LogP contribution in [0, 0.1) is 5.82 Å². The summed E-state index contributed by atoms with van der Waals surface area (Å²) < 4.78 is 20.4. The van der Waals surface area contributed by atoms with Gasteiger partial charge in [-0.3, -0.25) is 10.5 Å². The number of nitrogens with two attached hydrogens (primary N) is 1. The van der Waals surface area contributed by atoms with E-state index >= 15 is 0 Å². The summed E-state index contributed by atoms with van der Waals surface area (Å²) in [5, 5.41) is 4.22. The van der Waals surface area contributed by atoms with Crippen molar-refractivity contribution in [3.63, 3.8) is 0 Å². The molecular weight excluding hydrogens is 247 g/mol. The topological polar surface area (TPSA) is 65.1 Å². The van der Waals surface area contributed by atoms with E-state index in [0.717, 1.165) is 11.3 Å². The van der Waals surface area contributed by atoms with Crippen LogP contribution in [0.1, 0.15) is 24.2 Å². The molecule has 19 heavy (non-hydrogen) atoms. The van der Waals surface area contributed by atoms with Crippen molar-refractivity contribution < 1.29 is 9.13 Å². The van der Waals surface area contributed by atoms with Gasteiger partial charge in [-0.05, 0) is 24.6 Å². The number of hydrogen-bond donors (Lipinski definition) is 2. The monoisotopic (exact) mass is 264 g/mol. The van der Waals surface area contributed by atoms with Gasteiger partial charge in [-0.1, -0.05) is 12.1 Å². The van der Waals surface area contributed by atoms with Crippen LogP contribution < -0.4 is 16.0 Å². The summed E-state index contributed by atoms with van der Waals surface area (Å²) >= 11 is 0. The third-order valence-electron chi connectivity index (χ3n) is 2.99. The average molecular weight is 264 g/mol. The predicted molar refractivity (Wildman–Crippen MR) is 70.0 cm³/mol. The molecular formula is C13H17FN4O. The average Bonchev–Trinajstić information content (AvgIpc) is 2.83. The molecule has 2 aromatic rings. The first-order valence-electron chi connectivity index (χ1n) is 6.02. The van der Waals surface area contributed by atoms with Crippen LogP contribution in [-0.4, -0.2) is 16.9 Å². The second kappa shape index (κ2) is 5.81. The minimum atomic E-state index is -0.381. The number of ether oxygens (including phenoxy) is 1. The van der Waals surface area contributed by atoms with E-state index in [-0.39, 0.29) is 11.9 Å². The van der Waals surface area contributed by atoms with Crippen LogP contribution in [0.4, 0.5) is 4.39 Å². The molecule has 102 valence electrons. The van der Waals surface area contributed by atoms with Gasteiger partial charge in [0.05, 0.1) is 19.3 Å². The van der Waals surface area contributed by atoms with E-state index < -0.39 is 0 Å². The zero-order valence-corrected chi connectivity index (χ0v) is 10.9. The number of benzene rings is 1. The van der Waals surface area contributed by atoms with E-state index in [0.29, 0.717) is 12.3 Å². The minimum Gasteiger partial charge on any atom is -0.493 e. The Morgan fingerprint density at radius 3 is 2.89 bits per heavy atom. The van der Waals surface area contributed by atoms with Gasteiger partial charge in [0.2, 0.25) is 0 Å². The summed E-state index contributed by atoms with van der Waals surface area (Å²) in [4.78, 5) is 0. The standard InChI is InChI=1S/C13H17FN4O/c1-3-18-13(11(19-2)8-16-18)12(17-15)9-5-4-6-10(14)7-9/h4-8,12,17H,3,15H2,1-2H3. The summed E-state index contributed by atoms with van der Waals surface area (Å²) in [5.74, 6) is 5.94. The molecule has 1 heterocycles. The molecule has 1 unspecified atom stereocenters. The van der Waals surface area contributed by atoms with Crippen molar-refractivity contribution in [1.82, 2.24) is 15.2 Å². The van der Waals surface area contributed by atoms with Gasteiger partial charge in [-0.2, -0.15) is 5.10 Å². The Morgan fingerprint density at radius 1 is 1.53 bits per heavy atom. The van der Waals surface area contributed by atoms with Gasteiger partial charge in [0.25, 0.3) is 0 Å². The fourth-order valence-electron chi connectivity index (χ4n) is 2.10. The molecule has 3 N–H and O–H groups in total. The number of methoxy groups -OCH3 is 1. The lowest BCUT2D eigenvalue weighted by Crippen LogP contribution is -2.31. The molecule has 6 heteroatoms. The molecule has 0 aliphatic carbocycles. The number of aromatic nitrogens is 2. The van der Waals surface area contributed by atoms with Crippen LogP contribution in [0.5, 0.6) is 5.75 Å². The highest BCUT2D eigenvalue weighted by Crippen LogP contribution is 2.29. The number of rotatable bonds is 5. The lowest BCUT2D eigenvalue weighted by atomic mass is 10.0. The van der Waals surface area contributed by atoms with E-state index in [1.165, 1.54) is 12.1 Å². The molecule has 0 aliphatic rings. The highest BCUT2D eigenvalue weighted by atomic mass is 19.1. The van der Waals surface area contributed by atoms with E-state index in [9.17, 15) is 4.39 Å². The van der Waals surface area contributed by atoms with Crippen LogP contribution in [0.2, 0.25) is 0 Å². The molecule has 0 fully saturated rings. The first-order chi connectivity index (χ1) is 9.21. The van der Waals surface area contributed by atoms with Gasteiger partial charge in [-0.15, -0.1) is 0 Å². The number of halogens is 1. The van der Waals surface area contributed by atoms with Gasteiger partial charge < -0.3 is 4.74 Å². The number of hydrogen-bond acceptors (Lipinski definition) is 4. The molecule has 0 bridgehead atoms. The molecule has 0 aliphatic heterocycles. The molecule has 0 saturated carbocycles. The predicted octanol–water partition coefficient (Wildman–Crippen LogP) is 1.60. The molecule has 1 atom stereocenters. The van der Waals surface area contributed by atoms with E-state index in [1.54, 1.807) is 30.1 Å². The summed E-state index contributed by atoms with van der Waals surface area (Å²) in [5.41, 5.74) is 4.18. The molecule has 2 rings (SSSR count). The first kappa shape index (κ1) is 13.5.